The Morgan fingerprint density at radius 2 is 2.21 bits per heavy atom. The highest BCUT2D eigenvalue weighted by Crippen LogP contribution is 2.39. The zero-order chi connectivity index (χ0) is 13.8. The average Bonchev–Trinajstić information content (AvgIpc) is 2.89. The fourth-order valence-corrected chi connectivity index (χ4v) is 3.50. The average molecular weight is 279 g/mol. The van der Waals surface area contributed by atoms with Crippen molar-refractivity contribution in [1.82, 2.24) is 0 Å². The van der Waals surface area contributed by atoms with Crippen LogP contribution < -0.4 is 5.32 Å². The molecule has 2 rings (SSSR count). The fraction of sp³-hybridized carbons (Fsp3) is 0.429. The van der Waals surface area contributed by atoms with Crippen molar-refractivity contribution in [3.63, 3.8) is 0 Å². The number of thiophene rings is 1. The number of hydrogen-bond acceptors (Lipinski definition) is 4. The first kappa shape index (κ1) is 13.8. The maximum atomic E-state index is 12.0. The van der Waals surface area contributed by atoms with Crippen molar-refractivity contribution in [1.29, 1.82) is 0 Å². The van der Waals surface area contributed by atoms with E-state index in [4.69, 9.17) is 4.74 Å². The maximum absolute atomic E-state index is 12.0. The summed E-state index contributed by atoms with van der Waals surface area (Å²) in [4.78, 5) is 24.9. The number of nitrogens with one attached hydrogen (secondary N) is 1. The van der Waals surface area contributed by atoms with Crippen molar-refractivity contribution >= 4 is 28.2 Å². The molecule has 0 saturated carbocycles. The molecule has 0 bridgehead atoms. The summed E-state index contributed by atoms with van der Waals surface area (Å²) in [6.07, 6.45) is 6.04. The van der Waals surface area contributed by atoms with E-state index in [-0.39, 0.29) is 11.9 Å². The van der Waals surface area contributed by atoms with Gasteiger partial charge in [-0.25, -0.2) is 4.79 Å². The third-order valence-corrected chi connectivity index (χ3v) is 4.16. The van der Waals surface area contributed by atoms with Gasteiger partial charge in [0.1, 0.15) is 5.00 Å². The van der Waals surface area contributed by atoms with Crippen LogP contribution in [0.4, 0.5) is 5.00 Å². The van der Waals surface area contributed by atoms with Crippen molar-refractivity contribution in [3.8, 4) is 0 Å². The molecule has 0 radical (unpaired) electrons. The van der Waals surface area contributed by atoms with Gasteiger partial charge in [0.25, 0.3) is 0 Å². The fourth-order valence-electron chi connectivity index (χ4n) is 2.22. The molecule has 1 aromatic heterocycles. The second-order valence-corrected chi connectivity index (χ2v) is 5.38. The highest BCUT2D eigenvalue weighted by atomic mass is 32.1. The van der Waals surface area contributed by atoms with Gasteiger partial charge >= 0.3 is 5.97 Å². The largest absolute Gasteiger partial charge is 0.462 e. The number of anilines is 1. The van der Waals surface area contributed by atoms with Crippen molar-refractivity contribution in [2.24, 2.45) is 0 Å². The molecule has 0 aromatic carbocycles. The summed E-state index contributed by atoms with van der Waals surface area (Å²) < 4.78 is 5.09. The van der Waals surface area contributed by atoms with E-state index in [1.54, 1.807) is 19.9 Å². The Bertz CT molecular complexity index is 531. The van der Waals surface area contributed by atoms with E-state index in [1.807, 2.05) is 0 Å². The summed E-state index contributed by atoms with van der Waals surface area (Å²) in [5.74, 6) is -0.550. The molecule has 0 aliphatic heterocycles. The molecule has 0 saturated heterocycles. The summed E-state index contributed by atoms with van der Waals surface area (Å²) >= 11 is 1.49. The van der Waals surface area contributed by atoms with Crippen LogP contribution >= 0.6 is 11.3 Å². The monoisotopic (exact) mass is 279 g/mol. The molecule has 0 fully saturated rings. The first-order valence-electron chi connectivity index (χ1n) is 6.42. The molecule has 4 nitrogen and oxygen atoms in total. The van der Waals surface area contributed by atoms with Gasteiger partial charge < -0.3 is 10.1 Å². The second-order valence-electron chi connectivity index (χ2n) is 4.27. The Hall–Kier alpha value is -1.62. The number of aryl methyl sites for hydroxylation is 1. The third kappa shape index (κ3) is 2.87. The normalized spacial score (nSPS) is 13.6. The first-order valence-corrected chi connectivity index (χ1v) is 7.24. The number of carbonyl (C=O) groups is 2. The van der Waals surface area contributed by atoms with Crippen LogP contribution in [0, 0.1) is 0 Å². The zero-order valence-corrected chi connectivity index (χ0v) is 11.9. The standard InChI is InChI=1S/C14H17NO3S/c1-3-6-11(16)15-13-12(14(17)18-4-2)9-7-5-8-10(9)19-13/h3,6H,4-5,7-8H2,1-2H3,(H,15,16). The summed E-state index contributed by atoms with van der Waals surface area (Å²) in [5.41, 5.74) is 1.61. The van der Waals surface area contributed by atoms with Gasteiger partial charge in [-0.3, -0.25) is 4.79 Å². The summed E-state index contributed by atoms with van der Waals surface area (Å²) in [5, 5.41) is 3.39. The van der Waals surface area contributed by atoms with E-state index in [9.17, 15) is 9.59 Å². The molecule has 1 aliphatic carbocycles. The lowest BCUT2D eigenvalue weighted by atomic mass is 10.1. The minimum Gasteiger partial charge on any atom is -0.462 e. The highest BCUT2D eigenvalue weighted by molar-refractivity contribution is 7.17. The van der Waals surface area contributed by atoms with Gasteiger partial charge in [0.05, 0.1) is 12.2 Å². The minimum atomic E-state index is -0.335. The molecular weight excluding hydrogens is 262 g/mol. The van der Waals surface area contributed by atoms with Gasteiger partial charge in [-0.05, 0) is 44.7 Å². The lowest BCUT2D eigenvalue weighted by molar-refractivity contribution is -0.111. The second kappa shape index (κ2) is 6.02. The highest BCUT2D eigenvalue weighted by Gasteiger charge is 2.27. The SMILES string of the molecule is CC=CC(=O)Nc1sc2c(c1C(=O)OCC)CCC2. The van der Waals surface area contributed by atoms with Gasteiger partial charge in [-0.2, -0.15) is 0 Å². The Labute approximate surface area is 116 Å². The van der Waals surface area contributed by atoms with Crippen LogP contribution in [-0.4, -0.2) is 18.5 Å². The Kier molecular flexibility index (Phi) is 4.37. The lowest BCUT2D eigenvalue weighted by Gasteiger charge is -2.06. The van der Waals surface area contributed by atoms with Crippen LogP contribution in [0.2, 0.25) is 0 Å². The van der Waals surface area contributed by atoms with Gasteiger partial charge in [0, 0.05) is 4.88 Å². The molecule has 0 spiro atoms. The molecule has 1 heterocycles. The predicted molar refractivity (Wildman–Crippen MR) is 75.7 cm³/mol. The number of ether oxygens (including phenoxy) is 1. The van der Waals surface area contributed by atoms with E-state index >= 15 is 0 Å². The van der Waals surface area contributed by atoms with Crippen LogP contribution in [0.5, 0.6) is 0 Å². The van der Waals surface area contributed by atoms with Crippen molar-refractivity contribution < 1.29 is 14.3 Å². The molecule has 19 heavy (non-hydrogen) atoms. The number of fused-ring (bicyclic) bond motifs is 1. The van der Waals surface area contributed by atoms with Crippen LogP contribution in [-0.2, 0) is 22.4 Å². The first-order chi connectivity index (χ1) is 9.17. The molecule has 1 N–H and O–H groups in total. The Morgan fingerprint density at radius 1 is 1.42 bits per heavy atom. The smallest absolute Gasteiger partial charge is 0.341 e. The van der Waals surface area contributed by atoms with Crippen LogP contribution in [0.3, 0.4) is 0 Å². The lowest BCUT2D eigenvalue weighted by Crippen LogP contribution is -2.13. The van der Waals surface area contributed by atoms with Gasteiger partial charge in [0.15, 0.2) is 0 Å². The number of allylic oxidation sites excluding steroid dienone is 1. The van der Waals surface area contributed by atoms with Crippen molar-refractivity contribution in [3.05, 3.63) is 28.2 Å². The van der Waals surface area contributed by atoms with E-state index in [2.05, 4.69) is 5.32 Å². The molecule has 5 heteroatoms. The van der Waals surface area contributed by atoms with E-state index in [1.165, 1.54) is 22.3 Å². The van der Waals surface area contributed by atoms with Crippen LogP contribution in [0.15, 0.2) is 12.2 Å². The number of hydrogen-bond donors (Lipinski definition) is 1. The van der Waals surface area contributed by atoms with Gasteiger partial charge in [0.2, 0.25) is 5.91 Å². The molecule has 1 aromatic rings. The van der Waals surface area contributed by atoms with E-state index in [0.29, 0.717) is 17.2 Å². The zero-order valence-electron chi connectivity index (χ0n) is 11.1. The van der Waals surface area contributed by atoms with E-state index < -0.39 is 0 Å². The topological polar surface area (TPSA) is 55.4 Å². The molecule has 1 amide bonds. The predicted octanol–water partition coefficient (Wildman–Crippen LogP) is 2.93. The summed E-state index contributed by atoms with van der Waals surface area (Å²) in [6, 6.07) is 0. The quantitative estimate of drug-likeness (QED) is 0.681. The number of esters is 1. The van der Waals surface area contributed by atoms with Gasteiger partial charge in [-0.15, -0.1) is 11.3 Å². The molecule has 0 unspecified atom stereocenters. The number of amides is 1. The van der Waals surface area contributed by atoms with Crippen molar-refractivity contribution in [2.75, 3.05) is 11.9 Å². The Balaban J connectivity index is 2.32. The number of carbonyl (C=O) groups excluding carboxylic acids is 2. The van der Waals surface area contributed by atoms with Crippen LogP contribution in [0.25, 0.3) is 0 Å². The van der Waals surface area contributed by atoms with Crippen LogP contribution in [0.1, 0.15) is 41.1 Å². The Morgan fingerprint density at radius 3 is 2.89 bits per heavy atom. The molecular formula is C14H17NO3S. The summed E-state index contributed by atoms with van der Waals surface area (Å²) in [7, 11) is 0. The molecule has 102 valence electrons. The van der Waals surface area contributed by atoms with Gasteiger partial charge in [-0.1, -0.05) is 6.08 Å². The van der Waals surface area contributed by atoms with E-state index in [0.717, 1.165) is 24.8 Å². The maximum Gasteiger partial charge on any atom is 0.341 e. The molecule has 1 aliphatic rings. The number of rotatable bonds is 4. The summed E-state index contributed by atoms with van der Waals surface area (Å²) in [6.45, 7) is 3.90. The third-order valence-electron chi connectivity index (χ3n) is 2.96. The molecule has 0 atom stereocenters. The minimum absolute atomic E-state index is 0.215. The van der Waals surface area contributed by atoms with Crippen molar-refractivity contribution in [2.45, 2.75) is 33.1 Å².